The zero-order chi connectivity index (χ0) is 18.3. The molecule has 8 heteroatoms. The molecule has 3 aromatic rings. The number of fused-ring (bicyclic) bond motifs is 1. The van der Waals surface area contributed by atoms with Gasteiger partial charge in [-0.25, -0.2) is 9.37 Å². The first-order valence-electron chi connectivity index (χ1n) is 7.99. The van der Waals surface area contributed by atoms with Crippen molar-refractivity contribution in [3.63, 3.8) is 0 Å². The van der Waals surface area contributed by atoms with E-state index in [4.69, 9.17) is 16.3 Å². The van der Waals surface area contributed by atoms with Gasteiger partial charge in [-0.05, 0) is 30.3 Å². The van der Waals surface area contributed by atoms with E-state index >= 15 is 0 Å². The first-order chi connectivity index (χ1) is 12.5. The number of carbonyl (C=O) groups excluding carboxylic acids is 1. The summed E-state index contributed by atoms with van der Waals surface area (Å²) >= 11 is 7.32. The number of para-hydroxylation sites is 1. The lowest BCUT2D eigenvalue weighted by molar-refractivity contribution is -0.120. The Bertz CT molecular complexity index is 988. The SMILES string of the molecule is COc1cccc2sc(N3CC(C(=O)Nc4ccc(F)c(Cl)c4)C3)nc12. The van der Waals surface area contributed by atoms with Gasteiger partial charge in [0.05, 0.1) is 22.8 Å². The molecule has 1 aliphatic rings. The summed E-state index contributed by atoms with van der Waals surface area (Å²) in [6.07, 6.45) is 0. The topological polar surface area (TPSA) is 54.5 Å². The minimum atomic E-state index is -0.509. The maximum atomic E-state index is 13.2. The fourth-order valence-electron chi connectivity index (χ4n) is 2.83. The van der Waals surface area contributed by atoms with Crippen molar-refractivity contribution in [1.29, 1.82) is 0 Å². The number of hydrogen-bond acceptors (Lipinski definition) is 5. The highest BCUT2D eigenvalue weighted by molar-refractivity contribution is 7.22. The Morgan fingerprint density at radius 3 is 2.92 bits per heavy atom. The van der Waals surface area contributed by atoms with Gasteiger partial charge in [0, 0.05) is 18.8 Å². The summed E-state index contributed by atoms with van der Waals surface area (Å²) < 4.78 is 19.6. The third kappa shape index (κ3) is 3.08. The molecule has 5 nitrogen and oxygen atoms in total. The number of carbonyl (C=O) groups is 1. The number of aromatic nitrogens is 1. The molecule has 0 saturated carbocycles. The molecule has 1 saturated heterocycles. The molecule has 1 aliphatic heterocycles. The van der Waals surface area contributed by atoms with Crippen LogP contribution in [0.15, 0.2) is 36.4 Å². The van der Waals surface area contributed by atoms with Crippen LogP contribution in [0.1, 0.15) is 0 Å². The van der Waals surface area contributed by atoms with Crippen molar-refractivity contribution in [2.45, 2.75) is 0 Å². The van der Waals surface area contributed by atoms with E-state index in [-0.39, 0.29) is 16.8 Å². The van der Waals surface area contributed by atoms with Crippen LogP contribution in [-0.4, -0.2) is 31.1 Å². The van der Waals surface area contributed by atoms with Crippen molar-refractivity contribution >= 4 is 49.9 Å². The van der Waals surface area contributed by atoms with E-state index in [2.05, 4.69) is 15.2 Å². The molecule has 0 radical (unpaired) electrons. The van der Waals surface area contributed by atoms with Gasteiger partial charge in [0.25, 0.3) is 0 Å². The lowest BCUT2D eigenvalue weighted by Crippen LogP contribution is -2.52. The zero-order valence-corrected chi connectivity index (χ0v) is 15.4. The summed E-state index contributed by atoms with van der Waals surface area (Å²) in [5, 5.41) is 3.64. The maximum absolute atomic E-state index is 13.2. The first kappa shape index (κ1) is 17.1. The van der Waals surface area contributed by atoms with Gasteiger partial charge < -0.3 is 15.0 Å². The average molecular weight is 392 g/mol. The van der Waals surface area contributed by atoms with Gasteiger partial charge in [0.1, 0.15) is 17.1 Å². The highest BCUT2D eigenvalue weighted by atomic mass is 35.5. The molecule has 26 heavy (non-hydrogen) atoms. The number of halogens is 2. The lowest BCUT2D eigenvalue weighted by Gasteiger charge is -2.37. The zero-order valence-electron chi connectivity index (χ0n) is 13.8. The molecule has 0 bridgehead atoms. The van der Waals surface area contributed by atoms with Crippen molar-refractivity contribution < 1.29 is 13.9 Å². The Morgan fingerprint density at radius 2 is 2.19 bits per heavy atom. The van der Waals surface area contributed by atoms with Crippen molar-refractivity contribution in [3.05, 3.63) is 47.2 Å². The number of nitrogens with one attached hydrogen (secondary N) is 1. The molecule has 0 aliphatic carbocycles. The quantitative estimate of drug-likeness (QED) is 0.725. The Labute approximate surface area is 158 Å². The Kier molecular flexibility index (Phi) is 4.42. The van der Waals surface area contributed by atoms with Crippen LogP contribution in [-0.2, 0) is 4.79 Å². The number of benzene rings is 2. The van der Waals surface area contributed by atoms with Crippen LogP contribution in [0.4, 0.5) is 15.2 Å². The number of anilines is 2. The molecule has 1 amide bonds. The van der Waals surface area contributed by atoms with Gasteiger partial charge in [0.15, 0.2) is 5.13 Å². The highest BCUT2D eigenvalue weighted by Gasteiger charge is 2.34. The molecular formula is C18H15ClFN3O2S. The van der Waals surface area contributed by atoms with Crippen LogP contribution in [0.3, 0.4) is 0 Å². The Balaban J connectivity index is 1.42. The van der Waals surface area contributed by atoms with E-state index in [9.17, 15) is 9.18 Å². The number of ether oxygens (including phenoxy) is 1. The summed E-state index contributed by atoms with van der Waals surface area (Å²) in [6, 6.07) is 9.95. The maximum Gasteiger partial charge on any atom is 0.231 e. The van der Waals surface area contributed by atoms with Gasteiger partial charge in [-0.1, -0.05) is 29.0 Å². The lowest BCUT2D eigenvalue weighted by atomic mass is 10.00. The van der Waals surface area contributed by atoms with Crippen LogP contribution in [0, 0.1) is 11.7 Å². The standard InChI is InChI=1S/C18H15ClFN3O2S/c1-25-14-3-2-4-15-16(14)22-18(26-15)23-8-10(9-23)17(24)21-11-5-6-13(20)12(19)7-11/h2-7,10H,8-9H2,1H3,(H,21,24). The highest BCUT2D eigenvalue weighted by Crippen LogP contribution is 2.36. The molecule has 1 aromatic heterocycles. The molecular weight excluding hydrogens is 377 g/mol. The number of rotatable bonds is 4. The van der Waals surface area contributed by atoms with Gasteiger partial charge in [-0.15, -0.1) is 0 Å². The number of methoxy groups -OCH3 is 1. The van der Waals surface area contributed by atoms with E-state index in [1.54, 1.807) is 18.4 Å². The van der Waals surface area contributed by atoms with Crippen molar-refractivity contribution in [1.82, 2.24) is 4.98 Å². The monoisotopic (exact) mass is 391 g/mol. The van der Waals surface area contributed by atoms with Crippen LogP contribution < -0.4 is 15.0 Å². The van der Waals surface area contributed by atoms with Gasteiger partial charge >= 0.3 is 0 Å². The molecule has 0 unspecified atom stereocenters. The number of thiazole rings is 1. The van der Waals surface area contributed by atoms with Crippen molar-refractivity contribution in [2.75, 3.05) is 30.4 Å². The molecule has 0 atom stereocenters. The van der Waals surface area contributed by atoms with Gasteiger partial charge in [-0.2, -0.15) is 0 Å². The summed E-state index contributed by atoms with van der Waals surface area (Å²) in [5.74, 6) is -0.0193. The predicted octanol–water partition coefficient (Wildman–Crippen LogP) is 4.17. The molecule has 134 valence electrons. The molecule has 2 aromatic carbocycles. The second-order valence-electron chi connectivity index (χ2n) is 6.02. The average Bonchev–Trinajstić information content (AvgIpc) is 3.00. The second-order valence-corrected chi connectivity index (χ2v) is 7.44. The summed E-state index contributed by atoms with van der Waals surface area (Å²) in [7, 11) is 1.62. The van der Waals surface area contributed by atoms with E-state index in [0.29, 0.717) is 18.8 Å². The minimum absolute atomic E-state index is 0.0125. The molecule has 4 rings (SSSR count). The smallest absolute Gasteiger partial charge is 0.231 e. The number of nitrogens with zero attached hydrogens (tertiary/aromatic N) is 2. The van der Waals surface area contributed by atoms with Crippen LogP contribution in [0.25, 0.3) is 10.2 Å². The summed E-state index contributed by atoms with van der Waals surface area (Å²) in [5.41, 5.74) is 1.33. The number of amides is 1. The van der Waals surface area contributed by atoms with Crippen molar-refractivity contribution in [3.8, 4) is 5.75 Å². The number of hydrogen-bond donors (Lipinski definition) is 1. The van der Waals surface area contributed by atoms with Gasteiger partial charge in [-0.3, -0.25) is 4.79 Å². The fraction of sp³-hybridized carbons (Fsp3) is 0.222. The Morgan fingerprint density at radius 1 is 1.38 bits per heavy atom. The first-order valence-corrected chi connectivity index (χ1v) is 9.19. The molecule has 2 heterocycles. The Hall–Kier alpha value is -2.38. The van der Waals surface area contributed by atoms with Crippen molar-refractivity contribution in [2.24, 2.45) is 5.92 Å². The molecule has 1 N–H and O–H groups in total. The molecule has 0 spiro atoms. The third-order valence-corrected chi connectivity index (χ3v) is 5.67. The predicted molar refractivity (Wildman–Crippen MR) is 102 cm³/mol. The van der Waals surface area contributed by atoms with Gasteiger partial charge in [0.2, 0.25) is 5.91 Å². The minimum Gasteiger partial charge on any atom is -0.494 e. The van der Waals surface area contributed by atoms with E-state index < -0.39 is 5.82 Å². The van der Waals surface area contributed by atoms with E-state index in [1.807, 2.05) is 18.2 Å². The van der Waals surface area contributed by atoms with E-state index in [0.717, 1.165) is 21.1 Å². The molecule has 1 fully saturated rings. The fourth-order valence-corrected chi connectivity index (χ4v) is 4.01. The third-order valence-electron chi connectivity index (χ3n) is 4.30. The summed E-state index contributed by atoms with van der Waals surface area (Å²) in [4.78, 5) is 19.0. The normalized spacial score (nSPS) is 14.3. The van der Waals surface area contributed by atoms with E-state index in [1.165, 1.54) is 18.2 Å². The summed E-state index contributed by atoms with van der Waals surface area (Å²) in [6.45, 7) is 1.17. The largest absolute Gasteiger partial charge is 0.494 e. The van der Waals surface area contributed by atoms with Crippen LogP contribution >= 0.6 is 22.9 Å². The van der Waals surface area contributed by atoms with Crippen LogP contribution in [0.2, 0.25) is 5.02 Å². The second kappa shape index (κ2) is 6.74. The van der Waals surface area contributed by atoms with Crippen LogP contribution in [0.5, 0.6) is 5.75 Å².